The number of aromatic nitrogens is 1. The maximum atomic E-state index is 13.7. The van der Waals surface area contributed by atoms with Crippen LogP contribution >= 0.6 is 0 Å². The second-order valence-corrected chi connectivity index (χ2v) is 5.46. The summed E-state index contributed by atoms with van der Waals surface area (Å²) in [6.45, 7) is 0.404. The van der Waals surface area contributed by atoms with E-state index in [1.54, 1.807) is 31.4 Å². The fourth-order valence-electron chi connectivity index (χ4n) is 2.35. The third kappa shape index (κ3) is 4.23. The molecule has 1 N–H and O–H groups in total. The molecule has 3 aromatic rings. The SMILES string of the molecule is COc1ccc(CNC(=O)Cc2cc(-c3ccccc3F)on2)cc1. The van der Waals surface area contributed by atoms with Gasteiger partial charge in [-0.15, -0.1) is 0 Å². The molecule has 0 bridgehead atoms. The smallest absolute Gasteiger partial charge is 0.226 e. The second kappa shape index (κ2) is 7.61. The molecule has 1 heterocycles. The Labute approximate surface area is 144 Å². The van der Waals surface area contributed by atoms with E-state index in [-0.39, 0.29) is 12.3 Å². The van der Waals surface area contributed by atoms with E-state index < -0.39 is 5.82 Å². The number of rotatable bonds is 6. The summed E-state index contributed by atoms with van der Waals surface area (Å²) in [6.07, 6.45) is 0.0636. The average Bonchev–Trinajstić information content (AvgIpc) is 3.09. The predicted octanol–water partition coefficient (Wildman–Crippen LogP) is 3.35. The van der Waals surface area contributed by atoms with Crippen LogP contribution in [0.15, 0.2) is 59.1 Å². The van der Waals surface area contributed by atoms with Gasteiger partial charge in [-0.1, -0.05) is 29.4 Å². The molecule has 0 saturated heterocycles. The lowest BCUT2D eigenvalue weighted by Crippen LogP contribution is -2.24. The number of nitrogens with one attached hydrogen (secondary N) is 1. The Balaban J connectivity index is 1.57. The van der Waals surface area contributed by atoms with Crippen molar-refractivity contribution >= 4 is 5.91 Å². The summed E-state index contributed by atoms with van der Waals surface area (Å²) in [5.74, 6) is 0.479. The normalized spacial score (nSPS) is 10.5. The van der Waals surface area contributed by atoms with E-state index >= 15 is 0 Å². The molecule has 0 saturated carbocycles. The molecular weight excluding hydrogens is 323 g/mol. The van der Waals surface area contributed by atoms with Crippen LogP contribution in [0.5, 0.6) is 5.75 Å². The molecule has 0 aliphatic rings. The number of ether oxygens (including phenoxy) is 1. The van der Waals surface area contributed by atoms with Gasteiger partial charge in [-0.25, -0.2) is 4.39 Å². The molecule has 0 fully saturated rings. The van der Waals surface area contributed by atoms with Gasteiger partial charge in [0.2, 0.25) is 5.91 Å². The molecule has 6 heteroatoms. The van der Waals surface area contributed by atoms with E-state index in [2.05, 4.69) is 10.5 Å². The quantitative estimate of drug-likeness (QED) is 0.747. The van der Waals surface area contributed by atoms with E-state index in [0.29, 0.717) is 23.6 Å². The largest absolute Gasteiger partial charge is 0.497 e. The molecule has 5 nitrogen and oxygen atoms in total. The summed E-state index contributed by atoms with van der Waals surface area (Å²) in [5, 5.41) is 6.64. The van der Waals surface area contributed by atoms with E-state index in [1.165, 1.54) is 6.07 Å². The first-order valence-electron chi connectivity index (χ1n) is 7.76. The molecule has 3 rings (SSSR count). The van der Waals surface area contributed by atoms with Crippen molar-refractivity contribution in [2.24, 2.45) is 0 Å². The monoisotopic (exact) mass is 340 g/mol. The number of benzene rings is 2. The maximum Gasteiger partial charge on any atom is 0.226 e. The molecule has 0 unspecified atom stereocenters. The average molecular weight is 340 g/mol. The van der Waals surface area contributed by atoms with Gasteiger partial charge in [0, 0.05) is 12.6 Å². The Morgan fingerprint density at radius 3 is 2.68 bits per heavy atom. The highest BCUT2D eigenvalue weighted by molar-refractivity contribution is 5.78. The molecule has 2 aromatic carbocycles. The predicted molar refractivity (Wildman–Crippen MR) is 90.4 cm³/mol. The zero-order chi connectivity index (χ0) is 17.6. The van der Waals surface area contributed by atoms with Crippen molar-refractivity contribution in [3.63, 3.8) is 0 Å². The number of hydrogen-bond acceptors (Lipinski definition) is 4. The third-order valence-electron chi connectivity index (χ3n) is 3.69. The van der Waals surface area contributed by atoms with Crippen LogP contribution in [-0.2, 0) is 17.8 Å². The first-order chi connectivity index (χ1) is 12.2. The van der Waals surface area contributed by atoms with Crippen LogP contribution < -0.4 is 10.1 Å². The molecule has 1 aromatic heterocycles. The number of nitrogens with zero attached hydrogens (tertiary/aromatic N) is 1. The van der Waals surface area contributed by atoms with Crippen molar-refractivity contribution in [3.8, 4) is 17.1 Å². The number of halogens is 1. The van der Waals surface area contributed by atoms with E-state index in [9.17, 15) is 9.18 Å². The van der Waals surface area contributed by atoms with Crippen LogP contribution in [0.3, 0.4) is 0 Å². The van der Waals surface area contributed by atoms with Crippen molar-refractivity contribution in [2.75, 3.05) is 7.11 Å². The molecular formula is C19H17FN2O3. The van der Waals surface area contributed by atoms with Gasteiger partial charge >= 0.3 is 0 Å². The van der Waals surface area contributed by atoms with Crippen LogP contribution in [0, 0.1) is 5.82 Å². The lowest BCUT2D eigenvalue weighted by Gasteiger charge is -2.05. The lowest BCUT2D eigenvalue weighted by atomic mass is 10.1. The van der Waals surface area contributed by atoms with Gasteiger partial charge in [-0.05, 0) is 29.8 Å². The molecule has 1 amide bonds. The van der Waals surface area contributed by atoms with Gasteiger partial charge in [0.05, 0.1) is 24.8 Å². The highest BCUT2D eigenvalue weighted by Gasteiger charge is 2.13. The summed E-state index contributed by atoms with van der Waals surface area (Å²) in [6, 6.07) is 15.3. The summed E-state index contributed by atoms with van der Waals surface area (Å²) in [7, 11) is 1.60. The fraction of sp³-hybridized carbons (Fsp3) is 0.158. The summed E-state index contributed by atoms with van der Waals surface area (Å²) in [4.78, 5) is 12.0. The minimum Gasteiger partial charge on any atom is -0.497 e. The van der Waals surface area contributed by atoms with Crippen molar-refractivity contribution in [3.05, 3.63) is 71.7 Å². The number of carbonyl (C=O) groups excluding carboxylic acids is 1. The number of hydrogen-bond donors (Lipinski definition) is 1. The maximum absolute atomic E-state index is 13.7. The number of carbonyl (C=O) groups is 1. The Bertz CT molecular complexity index is 859. The van der Waals surface area contributed by atoms with E-state index in [1.807, 2.05) is 24.3 Å². The first-order valence-corrected chi connectivity index (χ1v) is 7.76. The molecule has 0 aliphatic carbocycles. The van der Waals surface area contributed by atoms with E-state index in [0.717, 1.165) is 11.3 Å². The Morgan fingerprint density at radius 1 is 1.20 bits per heavy atom. The standard InChI is InChI=1S/C19H17FN2O3/c1-24-15-8-6-13(7-9-15)12-21-19(23)11-14-10-18(25-22-14)16-4-2-3-5-17(16)20/h2-10H,11-12H2,1H3,(H,21,23). The molecule has 0 spiro atoms. The fourth-order valence-corrected chi connectivity index (χ4v) is 2.35. The first kappa shape index (κ1) is 16.7. The molecule has 25 heavy (non-hydrogen) atoms. The van der Waals surface area contributed by atoms with Crippen LogP contribution in [-0.4, -0.2) is 18.2 Å². The summed E-state index contributed by atoms with van der Waals surface area (Å²) in [5.41, 5.74) is 1.73. The topological polar surface area (TPSA) is 64.4 Å². The highest BCUT2D eigenvalue weighted by atomic mass is 19.1. The zero-order valence-electron chi connectivity index (χ0n) is 13.7. The molecule has 128 valence electrons. The van der Waals surface area contributed by atoms with Gasteiger partial charge in [-0.3, -0.25) is 4.79 Å². The van der Waals surface area contributed by atoms with E-state index in [4.69, 9.17) is 9.26 Å². The zero-order valence-corrected chi connectivity index (χ0v) is 13.7. The van der Waals surface area contributed by atoms with Gasteiger partial charge in [-0.2, -0.15) is 0 Å². The Hall–Kier alpha value is -3.15. The van der Waals surface area contributed by atoms with Crippen LogP contribution in [0.1, 0.15) is 11.3 Å². The summed E-state index contributed by atoms with van der Waals surface area (Å²) < 4.78 is 24.0. The van der Waals surface area contributed by atoms with Crippen molar-refractivity contribution in [2.45, 2.75) is 13.0 Å². The molecule has 0 atom stereocenters. The number of amides is 1. The number of methoxy groups -OCH3 is 1. The van der Waals surface area contributed by atoms with Gasteiger partial charge < -0.3 is 14.6 Å². The van der Waals surface area contributed by atoms with Crippen LogP contribution in [0.2, 0.25) is 0 Å². The van der Waals surface area contributed by atoms with Crippen molar-refractivity contribution in [1.29, 1.82) is 0 Å². The van der Waals surface area contributed by atoms with Crippen molar-refractivity contribution < 1.29 is 18.4 Å². The van der Waals surface area contributed by atoms with Gasteiger partial charge in [0.25, 0.3) is 0 Å². The third-order valence-corrected chi connectivity index (χ3v) is 3.69. The highest BCUT2D eigenvalue weighted by Crippen LogP contribution is 2.23. The van der Waals surface area contributed by atoms with Gasteiger partial charge in [0.1, 0.15) is 11.6 Å². The second-order valence-electron chi connectivity index (χ2n) is 5.46. The summed E-state index contributed by atoms with van der Waals surface area (Å²) >= 11 is 0. The Morgan fingerprint density at radius 2 is 1.96 bits per heavy atom. The minimum atomic E-state index is -0.394. The van der Waals surface area contributed by atoms with Crippen LogP contribution in [0.4, 0.5) is 4.39 Å². The Kier molecular flexibility index (Phi) is 5.09. The lowest BCUT2D eigenvalue weighted by molar-refractivity contribution is -0.120. The molecule has 0 aliphatic heterocycles. The van der Waals surface area contributed by atoms with Crippen molar-refractivity contribution in [1.82, 2.24) is 10.5 Å². The van der Waals surface area contributed by atoms with Gasteiger partial charge in [0.15, 0.2) is 5.76 Å². The minimum absolute atomic E-state index is 0.0636. The van der Waals surface area contributed by atoms with Crippen LogP contribution in [0.25, 0.3) is 11.3 Å². The molecule has 0 radical (unpaired) electrons.